The zero-order chi connectivity index (χ0) is 14.1. The molecule has 0 bridgehead atoms. The second-order valence-electron chi connectivity index (χ2n) is 4.97. The molecule has 1 amide bonds. The first-order chi connectivity index (χ1) is 9.19. The van der Waals surface area contributed by atoms with Crippen LogP contribution in [0.15, 0.2) is 24.3 Å². The first-order valence-electron chi connectivity index (χ1n) is 7.29. The molecule has 0 heterocycles. The minimum Gasteiger partial charge on any atom is -0.366 e. The molecular weight excluding hydrogens is 236 g/mol. The molecule has 0 unspecified atom stereocenters. The molecule has 1 rings (SSSR count). The standard InChI is InChI=1S/C16H26N2O/c1-3-11-18(12-4-2)13-7-9-14-8-5-6-10-15(14)16(17)19/h5-6,8,10H,3-4,7,9,11-13H2,1-2H3,(H2,17,19). The molecule has 2 N–H and O–H groups in total. The molecule has 106 valence electrons. The summed E-state index contributed by atoms with van der Waals surface area (Å²) < 4.78 is 0. The van der Waals surface area contributed by atoms with Crippen LogP contribution in [0.2, 0.25) is 0 Å². The van der Waals surface area contributed by atoms with E-state index < -0.39 is 0 Å². The highest BCUT2D eigenvalue weighted by molar-refractivity contribution is 5.94. The number of aryl methyl sites for hydroxylation is 1. The van der Waals surface area contributed by atoms with E-state index in [4.69, 9.17) is 5.73 Å². The number of nitrogens with two attached hydrogens (primary N) is 1. The monoisotopic (exact) mass is 262 g/mol. The summed E-state index contributed by atoms with van der Waals surface area (Å²) in [5.41, 5.74) is 7.13. The second kappa shape index (κ2) is 8.70. The Hall–Kier alpha value is -1.35. The van der Waals surface area contributed by atoms with E-state index in [0.29, 0.717) is 5.56 Å². The van der Waals surface area contributed by atoms with Crippen LogP contribution < -0.4 is 5.73 Å². The molecule has 0 atom stereocenters. The fourth-order valence-corrected chi connectivity index (χ4v) is 2.44. The van der Waals surface area contributed by atoms with Crippen molar-refractivity contribution < 1.29 is 4.79 Å². The van der Waals surface area contributed by atoms with Crippen molar-refractivity contribution >= 4 is 5.91 Å². The van der Waals surface area contributed by atoms with Gasteiger partial charge in [0.1, 0.15) is 0 Å². The third-order valence-corrected chi connectivity index (χ3v) is 3.28. The minimum atomic E-state index is -0.324. The zero-order valence-electron chi connectivity index (χ0n) is 12.2. The number of amides is 1. The number of carbonyl (C=O) groups is 1. The molecule has 3 heteroatoms. The largest absolute Gasteiger partial charge is 0.366 e. The molecule has 19 heavy (non-hydrogen) atoms. The highest BCUT2D eigenvalue weighted by Gasteiger charge is 2.08. The third-order valence-electron chi connectivity index (χ3n) is 3.28. The van der Waals surface area contributed by atoms with Crippen molar-refractivity contribution in [2.75, 3.05) is 19.6 Å². The van der Waals surface area contributed by atoms with Crippen molar-refractivity contribution in [2.45, 2.75) is 39.5 Å². The molecule has 0 saturated heterocycles. The van der Waals surface area contributed by atoms with E-state index >= 15 is 0 Å². The van der Waals surface area contributed by atoms with E-state index in [2.05, 4.69) is 18.7 Å². The summed E-state index contributed by atoms with van der Waals surface area (Å²) in [6.07, 6.45) is 4.38. The van der Waals surface area contributed by atoms with Crippen LogP contribution >= 0.6 is 0 Å². The average molecular weight is 262 g/mol. The summed E-state index contributed by atoms with van der Waals surface area (Å²) in [6.45, 7) is 7.83. The van der Waals surface area contributed by atoms with Crippen molar-refractivity contribution in [3.8, 4) is 0 Å². The van der Waals surface area contributed by atoms with Crippen molar-refractivity contribution in [1.29, 1.82) is 0 Å². The first kappa shape index (κ1) is 15.7. The molecule has 1 aromatic carbocycles. The number of carbonyl (C=O) groups excluding carboxylic acids is 1. The van der Waals surface area contributed by atoms with Crippen LogP contribution in [0.5, 0.6) is 0 Å². The maximum absolute atomic E-state index is 11.3. The summed E-state index contributed by atoms with van der Waals surface area (Å²) in [7, 11) is 0. The van der Waals surface area contributed by atoms with Gasteiger partial charge in [-0.05, 0) is 56.9 Å². The fourth-order valence-electron chi connectivity index (χ4n) is 2.44. The van der Waals surface area contributed by atoms with Crippen LogP contribution in [0.25, 0.3) is 0 Å². The quantitative estimate of drug-likeness (QED) is 0.744. The van der Waals surface area contributed by atoms with Gasteiger partial charge >= 0.3 is 0 Å². The number of benzene rings is 1. The van der Waals surface area contributed by atoms with Crippen molar-refractivity contribution in [3.63, 3.8) is 0 Å². The summed E-state index contributed by atoms with van der Waals surface area (Å²) in [6, 6.07) is 7.65. The smallest absolute Gasteiger partial charge is 0.248 e. The molecule has 0 spiro atoms. The van der Waals surface area contributed by atoms with Gasteiger partial charge in [-0.15, -0.1) is 0 Å². The fraction of sp³-hybridized carbons (Fsp3) is 0.562. The number of hydrogen-bond acceptors (Lipinski definition) is 2. The van der Waals surface area contributed by atoms with Gasteiger partial charge in [-0.3, -0.25) is 4.79 Å². The molecule has 0 aliphatic heterocycles. The first-order valence-corrected chi connectivity index (χ1v) is 7.29. The van der Waals surface area contributed by atoms with Gasteiger partial charge in [-0.25, -0.2) is 0 Å². The Labute approximate surface area is 116 Å². The molecule has 0 radical (unpaired) electrons. The lowest BCUT2D eigenvalue weighted by molar-refractivity contribution is 0.0999. The maximum atomic E-state index is 11.3. The van der Waals surface area contributed by atoms with Crippen molar-refractivity contribution in [3.05, 3.63) is 35.4 Å². The van der Waals surface area contributed by atoms with Gasteiger partial charge in [0.25, 0.3) is 0 Å². The minimum absolute atomic E-state index is 0.324. The highest BCUT2D eigenvalue weighted by Crippen LogP contribution is 2.11. The topological polar surface area (TPSA) is 46.3 Å². The van der Waals surface area contributed by atoms with Gasteiger partial charge in [0.15, 0.2) is 0 Å². The zero-order valence-corrected chi connectivity index (χ0v) is 12.2. The van der Waals surface area contributed by atoms with Gasteiger partial charge in [-0.1, -0.05) is 32.0 Å². The predicted octanol–water partition coefficient (Wildman–Crippen LogP) is 2.84. The molecule has 3 nitrogen and oxygen atoms in total. The summed E-state index contributed by atoms with van der Waals surface area (Å²) in [4.78, 5) is 13.8. The molecule has 0 aliphatic rings. The van der Waals surface area contributed by atoms with Crippen LogP contribution in [-0.2, 0) is 6.42 Å². The van der Waals surface area contributed by atoms with Crippen LogP contribution in [0.3, 0.4) is 0 Å². The van der Waals surface area contributed by atoms with Gasteiger partial charge < -0.3 is 10.6 Å². The lowest BCUT2D eigenvalue weighted by Crippen LogP contribution is -2.27. The lowest BCUT2D eigenvalue weighted by Gasteiger charge is -2.20. The Morgan fingerprint density at radius 1 is 1.11 bits per heavy atom. The summed E-state index contributed by atoms with van der Waals surface area (Å²) >= 11 is 0. The van der Waals surface area contributed by atoms with Gasteiger partial charge in [0.05, 0.1) is 0 Å². The SMILES string of the molecule is CCCN(CCC)CCCc1ccccc1C(N)=O. The van der Waals surface area contributed by atoms with Gasteiger partial charge in [-0.2, -0.15) is 0 Å². The molecule has 0 aromatic heterocycles. The van der Waals surface area contributed by atoms with Crippen LogP contribution in [0.4, 0.5) is 0 Å². The van der Waals surface area contributed by atoms with Gasteiger partial charge in [0, 0.05) is 5.56 Å². The third kappa shape index (κ3) is 5.43. The Morgan fingerprint density at radius 3 is 2.32 bits per heavy atom. The average Bonchev–Trinajstić information content (AvgIpc) is 2.39. The van der Waals surface area contributed by atoms with Crippen molar-refractivity contribution in [1.82, 2.24) is 4.90 Å². The van der Waals surface area contributed by atoms with Crippen LogP contribution in [0.1, 0.15) is 49.0 Å². The highest BCUT2D eigenvalue weighted by atomic mass is 16.1. The second-order valence-corrected chi connectivity index (χ2v) is 4.97. The Kier molecular flexibility index (Phi) is 7.19. The Bertz CT molecular complexity index is 384. The van der Waals surface area contributed by atoms with Crippen LogP contribution in [-0.4, -0.2) is 30.4 Å². The maximum Gasteiger partial charge on any atom is 0.248 e. The molecule has 0 aliphatic carbocycles. The van der Waals surface area contributed by atoms with Crippen LogP contribution in [0, 0.1) is 0 Å². The number of nitrogens with zero attached hydrogens (tertiary/aromatic N) is 1. The van der Waals surface area contributed by atoms with E-state index in [1.807, 2.05) is 24.3 Å². The number of primary amides is 1. The van der Waals surface area contributed by atoms with Gasteiger partial charge in [0.2, 0.25) is 5.91 Å². The summed E-state index contributed by atoms with van der Waals surface area (Å²) in [5, 5.41) is 0. The van der Waals surface area contributed by atoms with Crippen molar-refractivity contribution in [2.24, 2.45) is 5.73 Å². The van der Waals surface area contributed by atoms with E-state index in [1.165, 1.54) is 12.8 Å². The normalized spacial score (nSPS) is 10.9. The Morgan fingerprint density at radius 2 is 1.74 bits per heavy atom. The predicted molar refractivity (Wildman–Crippen MR) is 80.3 cm³/mol. The van der Waals surface area contributed by atoms with E-state index in [-0.39, 0.29) is 5.91 Å². The van der Waals surface area contributed by atoms with E-state index in [1.54, 1.807) is 0 Å². The lowest BCUT2D eigenvalue weighted by atomic mass is 10.0. The number of hydrogen-bond donors (Lipinski definition) is 1. The molecule has 1 aromatic rings. The van der Waals surface area contributed by atoms with E-state index in [9.17, 15) is 4.79 Å². The summed E-state index contributed by atoms with van der Waals surface area (Å²) in [5.74, 6) is -0.324. The Balaban J connectivity index is 2.50. The number of rotatable bonds is 9. The molecular formula is C16H26N2O. The molecule has 0 fully saturated rings. The van der Waals surface area contributed by atoms with E-state index in [0.717, 1.165) is 38.0 Å². The molecule has 0 saturated carbocycles.